The van der Waals surface area contributed by atoms with Crippen LogP contribution in [0.2, 0.25) is 0 Å². The molecule has 0 fully saturated rings. The molecule has 3 heterocycles. The van der Waals surface area contributed by atoms with Gasteiger partial charge in [0.2, 0.25) is 0 Å². The van der Waals surface area contributed by atoms with E-state index in [0.717, 1.165) is 6.20 Å². The third-order valence-electron chi connectivity index (χ3n) is 4.59. The van der Waals surface area contributed by atoms with Crippen LogP contribution in [0.15, 0.2) is 53.4 Å². The average molecular weight is 444 g/mol. The number of hydrogen-bond donors (Lipinski definition) is 1. The Labute approximate surface area is 180 Å². The van der Waals surface area contributed by atoms with Gasteiger partial charge in [-0.15, -0.1) is 0 Å². The standard InChI is InChI=1S/C20H18F2N6O2S/c1-27(7-9-31-29)20-15(22)11-23-19(24-20)17-10-18(16-6-8-30-26-16)28(25-17)12-13-4-2-3-5-14(13)21/h2-6,8,10-11,29H,7,9,12H2,1H3. The molecular weight excluding hydrogens is 426 g/mol. The van der Waals surface area contributed by atoms with Crippen LogP contribution >= 0.6 is 12.0 Å². The van der Waals surface area contributed by atoms with Gasteiger partial charge in [-0.3, -0.25) is 4.68 Å². The molecule has 1 N–H and O–H groups in total. The Morgan fingerprint density at radius 3 is 2.74 bits per heavy atom. The summed E-state index contributed by atoms with van der Waals surface area (Å²) in [5, 5.41) is 8.47. The first-order chi connectivity index (χ1) is 15.1. The summed E-state index contributed by atoms with van der Waals surface area (Å²) in [4.78, 5) is 9.96. The van der Waals surface area contributed by atoms with Crippen LogP contribution in [0, 0.1) is 11.6 Å². The summed E-state index contributed by atoms with van der Waals surface area (Å²) in [6, 6.07) is 9.77. The van der Waals surface area contributed by atoms with Crippen molar-refractivity contribution in [3.05, 3.63) is 66.1 Å². The molecule has 11 heteroatoms. The zero-order chi connectivity index (χ0) is 21.8. The van der Waals surface area contributed by atoms with Gasteiger partial charge >= 0.3 is 0 Å². The van der Waals surface area contributed by atoms with Gasteiger partial charge in [-0.1, -0.05) is 23.4 Å². The fraction of sp³-hybridized carbons (Fsp3) is 0.200. The van der Waals surface area contributed by atoms with E-state index in [2.05, 4.69) is 20.2 Å². The maximum atomic E-state index is 14.3. The lowest BCUT2D eigenvalue weighted by atomic mass is 10.2. The molecule has 0 amide bonds. The van der Waals surface area contributed by atoms with Gasteiger partial charge in [-0.2, -0.15) is 5.10 Å². The van der Waals surface area contributed by atoms with Crippen LogP contribution in [-0.2, 0) is 6.54 Å². The van der Waals surface area contributed by atoms with E-state index < -0.39 is 5.82 Å². The molecule has 4 rings (SSSR count). The minimum Gasteiger partial charge on any atom is -0.364 e. The molecule has 0 bridgehead atoms. The number of nitrogens with zero attached hydrogens (tertiary/aromatic N) is 6. The van der Waals surface area contributed by atoms with Gasteiger partial charge in [-0.05, 0) is 24.2 Å². The van der Waals surface area contributed by atoms with Crippen molar-refractivity contribution in [1.82, 2.24) is 24.9 Å². The molecule has 8 nitrogen and oxygen atoms in total. The molecule has 0 unspecified atom stereocenters. The van der Waals surface area contributed by atoms with Crippen LogP contribution in [0.25, 0.3) is 22.9 Å². The molecule has 0 aliphatic rings. The first-order valence-corrected chi connectivity index (χ1v) is 10.2. The molecule has 31 heavy (non-hydrogen) atoms. The summed E-state index contributed by atoms with van der Waals surface area (Å²) in [5.41, 5.74) is 1.91. The molecule has 0 radical (unpaired) electrons. The van der Waals surface area contributed by atoms with E-state index in [1.165, 1.54) is 12.3 Å². The number of hydrogen-bond acceptors (Lipinski definition) is 8. The van der Waals surface area contributed by atoms with E-state index in [1.807, 2.05) is 0 Å². The third-order valence-corrected chi connectivity index (χ3v) is 4.96. The molecule has 0 aliphatic heterocycles. The molecule has 1 aromatic carbocycles. The Morgan fingerprint density at radius 2 is 2.00 bits per heavy atom. The smallest absolute Gasteiger partial charge is 0.183 e. The number of aromatic nitrogens is 5. The molecule has 0 spiro atoms. The topological polar surface area (TPSA) is 93.1 Å². The highest BCUT2D eigenvalue weighted by molar-refractivity contribution is 7.93. The molecule has 0 atom stereocenters. The Hall–Kier alpha value is -3.31. The van der Waals surface area contributed by atoms with Gasteiger partial charge in [0, 0.05) is 31.0 Å². The Kier molecular flexibility index (Phi) is 6.23. The highest BCUT2D eigenvalue weighted by Crippen LogP contribution is 2.26. The molecular formula is C20H18F2N6O2S. The number of anilines is 1. The van der Waals surface area contributed by atoms with Crippen molar-refractivity contribution >= 4 is 17.9 Å². The number of rotatable bonds is 8. The van der Waals surface area contributed by atoms with Crippen LogP contribution in [0.5, 0.6) is 0 Å². The SMILES string of the molecule is CN(CCSO)c1nc(-c2cc(-c3ccon3)n(Cc3ccccc3F)n2)ncc1F. The Balaban J connectivity index is 1.73. The summed E-state index contributed by atoms with van der Waals surface area (Å²) in [5.74, 6) is -0.253. The van der Waals surface area contributed by atoms with Crippen molar-refractivity contribution in [3.8, 4) is 22.9 Å². The second-order valence-electron chi connectivity index (χ2n) is 6.67. The molecule has 3 aromatic heterocycles. The fourth-order valence-corrected chi connectivity index (χ4v) is 3.37. The lowest BCUT2D eigenvalue weighted by Crippen LogP contribution is -2.23. The van der Waals surface area contributed by atoms with Crippen molar-refractivity contribution in [2.45, 2.75) is 6.54 Å². The van der Waals surface area contributed by atoms with Crippen LogP contribution in [0.3, 0.4) is 0 Å². The second kappa shape index (κ2) is 9.23. The van der Waals surface area contributed by atoms with Crippen LogP contribution in [0.4, 0.5) is 14.6 Å². The molecule has 4 aromatic rings. The summed E-state index contributed by atoms with van der Waals surface area (Å²) in [6.45, 7) is 0.539. The first-order valence-electron chi connectivity index (χ1n) is 9.29. The minimum atomic E-state index is -0.586. The summed E-state index contributed by atoms with van der Waals surface area (Å²) >= 11 is 0.667. The first kappa shape index (κ1) is 20.9. The van der Waals surface area contributed by atoms with Gasteiger partial charge in [0.15, 0.2) is 17.5 Å². The van der Waals surface area contributed by atoms with Gasteiger partial charge in [-0.25, -0.2) is 18.7 Å². The van der Waals surface area contributed by atoms with Crippen molar-refractivity contribution in [1.29, 1.82) is 0 Å². The lowest BCUT2D eigenvalue weighted by molar-refractivity contribution is 0.421. The largest absolute Gasteiger partial charge is 0.364 e. The van der Waals surface area contributed by atoms with E-state index in [9.17, 15) is 8.78 Å². The molecule has 0 aliphatic carbocycles. The predicted molar refractivity (Wildman–Crippen MR) is 113 cm³/mol. The van der Waals surface area contributed by atoms with Crippen molar-refractivity contribution in [2.75, 3.05) is 24.2 Å². The summed E-state index contributed by atoms with van der Waals surface area (Å²) in [7, 11) is 1.67. The van der Waals surface area contributed by atoms with Gasteiger partial charge in [0.1, 0.15) is 23.5 Å². The van der Waals surface area contributed by atoms with Crippen LogP contribution < -0.4 is 4.90 Å². The third kappa shape index (κ3) is 4.57. The second-order valence-corrected chi connectivity index (χ2v) is 7.33. The zero-order valence-corrected chi connectivity index (χ0v) is 17.3. The lowest BCUT2D eigenvalue weighted by Gasteiger charge is -2.17. The highest BCUT2D eigenvalue weighted by atomic mass is 32.2. The Morgan fingerprint density at radius 1 is 1.16 bits per heavy atom. The van der Waals surface area contributed by atoms with E-state index in [0.29, 0.717) is 47.0 Å². The van der Waals surface area contributed by atoms with Gasteiger partial charge < -0.3 is 14.0 Å². The zero-order valence-electron chi connectivity index (χ0n) is 16.4. The minimum absolute atomic E-state index is 0.0886. The number of benzene rings is 1. The van der Waals surface area contributed by atoms with Crippen LogP contribution in [-0.4, -0.2) is 48.8 Å². The van der Waals surface area contributed by atoms with Crippen molar-refractivity contribution < 1.29 is 17.9 Å². The number of halogens is 2. The van der Waals surface area contributed by atoms with E-state index >= 15 is 0 Å². The van der Waals surface area contributed by atoms with Crippen molar-refractivity contribution in [2.24, 2.45) is 0 Å². The monoisotopic (exact) mass is 444 g/mol. The van der Waals surface area contributed by atoms with Crippen LogP contribution in [0.1, 0.15) is 5.56 Å². The average Bonchev–Trinajstić information content (AvgIpc) is 3.44. The molecule has 0 saturated carbocycles. The fourth-order valence-electron chi connectivity index (χ4n) is 3.02. The van der Waals surface area contributed by atoms with E-state index in [-0.39, 0.29) is 24.0 Å². The summed E-state index contributed by atoms with van der Waals surface area (Å²) in [6.07, 6.45) is 2.50. The van der Waals surface area contributed by atoms with Gasteiger partial charge in [0.25, 0.3) is 0 Å². The maximum absolute atomic E-state index is 14.3. The van der Waals surface area contributed by atoms with E-state index in [4.69, 9.17) is 9.08 Å². The highest BCUT2D eigenvalue weighted by Gasteiger charge is 2.19. The summed E-state index contributed by atoms with van der Waals surface area (Å²) < 4.78 is 43.9. The normalized spacial score (nSPS) is 11.1. The Bertz CT molecular complexity index is 1170. The van der Waals surface area contributed by atoms with Gasteiger partial charge in [0.05, 0.1) is 18.4 Å². The predicted octanol–water partition coefficient (Wildman–Crippen LogP) is 3.96. The molecule has 160 valence electrons. The van der Waals surface area contributed by atoms with E-state index in [1.54, 1.807) is 47.0 Å². The quantitative estimate of drug-likeness (QED) is 0.408. The molecule has 0 saturated heterocycles. The van der Waals surface area contributed by atoms with Crippen molar-refractivity contribution in [3.63, 3.8) is 0 Å². The maximum Gasteiger partial charge on any atom is 0.183 e.